The molecule has 1 amide bonds. The van der Waals surface area contributed by atoms with Gasteiger partial charge in [-0.2, -0.15) is 0 Å². The van der Waals surface area contributed by atoms with Crippen LogP contribution in [-0.2, 0) is 11.2 Å². The largest absolute Gasteiger partial charge is 0.383 e. The number of hydrogen-bond donors (Lipinski definition) is 3. The zero-order valence-electron chi connectivity index (χ0n) is 9.63. The summed E-state index contributed by atoms with van der Waals surface area (Å²) in [5, 5.41) is 6.07. The molecular weight excluding hydrogens is 202 g/mol. The van der Waals surface area contributed by atoms with Crippen molar-refractivity contribution in [1.29, 1.82) is 0 Å². The number of amides is 1. The molecule has 1 aromatic rings. The summed E-state index contributed by atoms with van der Waals surface area (Å²) < 4.78 is 0. The second-order valence-electron chi connectivity index (χ2n) is 4.94. The van der Waals surface area contributed by atoms with Crippen LogP contribution in [0.2, 0.25) is 0 Å². The summed E-state index contributed by atoms with van der Waals surface area (Å²) >= 11 is 0. The lowest BCUT2D eigenvalue weighted by atomic mass is 10.1. The Bertz CT molecular complexity index is 421. The van der Waals surface area contributed by atoms with E-state index in [4.69, 9.17) is 5.73 Å². The molecule has 0 spiro atoms. The highest BCUT2D eigenvalue weighted by Gasteiger charge is 2.17. The minimum absolute atomic E-state index is 0.0614. The molecule has 0 fully saturated rings. The second kappa shape index (κ2) is 3.79. The van der Waals surface area contributed by atoms with Crippen molar-refractivity contribution in [2.24, 2.45) is 5.73 Å². The molecule has 0 aliphatic carbocycles. The summed E-state index contributed by atoms with van der Waals surface area (Å²) in [5.74, 6) is 0.0614. The fourth-order valence-corrected chi connectivity index (χ4v) is 1.67. The van der Waals surface area contributed by atoms with Gasteiger partial charge in [-0.05, 0) is 37.6 Å². The van der Waals surface area contributed by atoms with Crippen molar-refractivity contribution in [3.05, 3.63) is 23.8 Å². The van der Waals surface area contributed by atoms with Gasteiger partial charge in [0.15, 0.2) is 0 Å². The van der Waals surface area contributed by atoms with E-state index in [-0.39, 0.29) is 11.4 Å². The lowest BCUT2D eigenvalue weighted by molar-refractivity contribution is -0.115. The Balaban J connectivity index is 2.08. The molecular formula is C12H17N3O. The van der Waals surface area contributed by atoms with Crippen LogP contribution in [-0.4, -0.2) is 18.0 Å². The van der Waals surface area contributed by atoms with Crippen LogP contribution < -0.4 is 16.4 Å². The summed E-state index contributed by atoms with van der Waals surface area (Å²) in [4.78, 5) is 11.2. The highest BCUT2D eigenvalue weighted by atomic mass is 16.1. The van der Waals surface area contributed by atoms with E-state index in [1.807, 2.05) is 32.0 Å². The number of anilines is 2. The molecule has 2 rings (SSSR count). The van der Waals surface area contributed by atoms with Crippen LogP contribution in [0.3, 0.4) is 0 Å². The molecule has 0 unspecified atom stereocenters. The number of hydrogen-bond acceptors (Lipinski definition) is 3. The van der Waals surface area contributed by atoms with Gasteiger partial charge in [0.1, 0.15) is 0 Å². The minimum atomic E-state index is -0.243. The molecule has 4 N–H and O–H groups in total. The fraction of sp³-hybridized carbons (Fsp3) is 0.417. The first-order valence-electron chi connectivity index (χ1n) is 5.40. The minimum Gasteiger partial charge on any atom is -0.383 e. The Morgan fingerprint density at radius 1 is 1.50 bits per heavy atom. The molecule has 16 heavy (non-hydrogen) atoms. The van der Waals surface area contributed by atoms with Crippen LogP contribution in [0.25, 0.3) is 0 Å². The Hall–Kier alpha value is -1.55. The summed E-state index contributed by atoms with van der Waals surface area (Å²) in [6.07, 6.45) is 0.469. The number of nitrogens with one attached hydrogen (secondary N) is 2. The molecule has 0 atom stereocenters. The van der Waals surface area contributed by atoms with Gasteiger partial charge < -0.3 is 16.4 Å². The summed E-state index contributed by atoms with van der Waals surface area (Å²) in [6, 6.07) is 5.88. The van der Waals surface area contributed by atoms with E-state index in [9.17, 15) is 4.79 Å². The van der Waals surface area contributed by atoms with Gasteiger partial charge in [0.05, 0.1) is 6.42 Å². The topological polar surface area (TPSA) is 67.1 Å². The normalized spacial score (nSPS) is 14.6. The lowest BCUT2D eigenvalue weighted by Crippen LogP contribution is -2.39. The van der Waals surface area contributed by atoms with Crippen LogP contribution in [0.5, 0.6) is 0 Å². The van der Waals surface area contributed by atoms with Crippen molar-refractivity contribution in [2.75, 3.05) is 17.2 Å². The van der Waals surface area contributed by atoms with Gasteiger partial charge in [0.2, 0.25) is 5.91 Å². The predicted molar refractivity (Wildman–Crippen MR) is 65.5 cm³/mol. The number of nitrogens with two attached hydrogens (primary N) is 1. The molecule has 0 aromatic heterocycles. The molecule has 0 bridgehead atoms. The van der Waals surface area contributed by atoms with Gasteiger partial charge in [-0.3, -0.25) is 4.79 Å². The van der Waals surface area contributed by atoms with Gasteiger partial charge in [-0.1, -0.05) is 0 Å². The maximum absolute atomic E-state index is 11.2. The van der Waals surface area contributed by atoms with Crippen LogP contribution in [0.4, 0.5) is 11.4 Å². The third-order valence-corrected chi connectivity index (χ3v) is 2.48. The molecule has 4 nitrogen and oxygen atoms in total. The van der Waals surface area contributed by atoms with Crippen molar-refractivity contribution in [3.8, 4) is 0 Å². The van der Waals surface area contributed by atoms with Crippen molar-refractivity contribution in [2.45, 2.75) is 25.8 Å². The molecule has 0 saturated heterocycles. The smallest absolute Gasteiger partial charge is 0.228 e. The molecule has 1 aliphatic heterocycles. The molecule has 0 saturated carbocycles. The number of carbonyl (C=O) groups excluding carboxylic acids is 1. The van der Waals surface area contributed by atoms with Gasteiger partial charge in [0.25, 0.3) is 0 Å². The summed E-state index contributed by atoms with van der Waals surface area (Å²) in [6.45, 7) is 4.64. The standard InChI is InChI=1S/C12H17N3O/c1-12(2,13)7-14-9-3-4-10-8(5-9)6-11(16)15-10/h3-5,14H,6-7,13H2,1-2H3,(H,15,16). The van der Waals surface area contributed by atoms with E-state index in [2.05, 4.69) is 10.6 Å². The number of benzene rings is 1. The Kier molecular flexibility index (Phi) is 2.59. The second-order valence-corrected chi connectivity index (χ2v) is 4.94. The SMILES string of the molecule is CC(C)(N)CNc1ccc2c(c1)CC(=O)N2. The van der Waals surface area contributed by atoms with Gasteiger partial charge in [-0.15, -0.1) is 0 Å². The zero-order valence-corrected chi connectivity index (χ0v) is 9.63. The van der Waals surface area contributed by atoms with Crippen molar-refractivity contribution >= 4 is 17.3 Å². The number of fused-ring (bicyclic) bond motifs is 1. The molecule has 1 heterocycles. The van der Waals surface area contributed by atoms with E-state index in [1.54, 1.807) is 0 Å². The first-order valence-corrected chi connectivity index (χ1v) is 5.40. The lowest BCUT2D eigenvalue weighted by Gasteiger charge is -2.20. The predicted octanol–water partition coefficient (Wildman–Crippen LogP) is 1.33. The van der Waals surface area contributed by atoms with Crippen molar-refractivity contribution in [1.82, 2.24) is 0 Å². The van der Waals surface area contributed by atoms with E-state index >= 15 is 0 Å². The van der Waals surface area contributed by atoms with E-state index in [1.165, 1.54) is 0 Å². The third kappa shape index (κ3) is 2.52. The first kappa shape index (κ1) is 11.0. The third-order valence-electron chi connectivity index (χ3n) is 2.48. The van der Waals surface area contributed by atoms with Crippen molar-refractivity contribution < 1.29 is 4.79 Å². The monoisotopic (exact) mass is 219 g/mol. The highest BCUT2D eigenvalue weighted by Crippen LogP contribution is 2.26. The summed E-state index contributed by atoms with van der Waals surface area (Å²) in [5.41, 5.74) is 8.62. The van der Waals surface area contributed by atoms with Crippen molar-refractivity contribution in [3.63, 3.8) is 0 Å². The molecule has 0 radical (unpaired) electrons. The Morgan fingerprint density at radius 2 is 2.25 bits per heavy atom. The number of carbonyl (C=O) groups is 1. The first-order chi connectivity index (χ1) is 7.44. The van der Waals surface area contributed by atoms with Crippen LogP contribution >= 0.6 is 0 Å². The van der Waals surface area contributed by atoms with Gasteiger partial charge in [0, 0.05) is 23.5 Å². The molecule has 86 valence electrons. The molecule has 1 aromatic carbocycles. The number of rotatable bonds is 3. The zero-order chi connectivity index (χ0) is 11.8. The fourth-order valence-electron chi connectivity index (χ4n) is 1.67. The summed E-state index contributed by atoms with van der Waals surface area (Å²) in [7, 11) is 0. The van der Waals surface area contributed by atoms with Crippen LogP contribution in [0, 0.1) is 0 Å². The molecule has 1 aliphatic rings. The van der Waals surface area contributed by atoms with E-state index in [0.29, 0.717) is 13.0 Å². The Morgan fingerprint density at radius 3 is 2.94 bits per heavy atom. The van der Waals surface area contributed by atoms with Crippen LogP contribution in [0.15, 0.2) is 18.2 Å². The maximum Gasteiger partial charge on any atom is 0.228 e. The van der Waals surface area contributed by atoms with Crippen LogP contribution in [0.1, 0.15) is 19.4 Å². The quantitative estimate of drug-likeness (QED) is 0.718. The van der Waals surface area contributed by atoms with E-state index < -0.39 is 0 Å². The van der Waals surface area contributed by atoms with Gasteiger partial charge in [-0.25, -0.2) is 0 Å². The average molecular weight is 219 g/mol. The highest BCUT2D eigenvalue weighted by molar-refractivity contribution is 5.99. The molecule has 4 heteroatoms. The van der Waals surface area contributed by atoms with Gasteiger partial charge >= 0.3 is 0 Å². The maximum atomic E-state index is 11.2. The Labute approximate surface area is 95.2 Å². The average Bonchev–Trinajstić information content (AvgIpc) is 2.52. The van der Waals surface area contributed by atoms with E-state index in [0.717, 1.165) is 16.9 Å².